The van der Waals surface area contributed by atoms with E-state index in [1.807, 2.05) is 31.2 Å². The summed E-state index contributed by atoms with van der Waals surface area (Å²) < 4.78 is 5.95. The number of halogens is 1. The Bertz CT molecular complexity index is 471. The van der Waals surface area contributed by atoms with Crippen LogP contribution in [0.2, 0.25) is 5.02 Å². The molecule has 1 aliphatic heterocycles. The van der Waals surface area contributed by atoms with Gasteiger partial charge in [0, 0.05) is 13.0 Å². The lowest BCUT2D eigenvalue weighted by atomic mass is 10.2. The second kappa shape index (κ2) is 5.91. The van der Waals surface area contributed by atoms with E-state index < -0.39 is 0 Å². The summed E-state index contributed by atoms with van der Waals surface area (Å²) >= 11 is 6.23. The lowest BCUT2D eigenvalue weighted by molar-refractivity contribution is 0.267. The van der Waals surface area contributed by atoms with Crippen molar-refractivity contribution in [2.45, 2.75) is 19.4 Å². The van der Waals surface area contributed by atoms with Crippen LogP contribution in [0.4, 0.5) is 0 Å². The fourth-order valence-electron chi connectivity index (χ4n) is 1.86. The van der Waals surface area contributed by atoms with E-state index in [2.05, 4.69) is 16.9 Å². The molecule has 0 saturated heterocycles. The maximum atomic E-state index is 6.23. The van der Waals surface area contributed by atoms with Crippen molar-refractivity contribution in [2.75, 3.05) is 13.1 Å². The van der Waals surface area contributed by atoms with Gasteiger partial charge >= 0.3 is 0 Å². The van der Waals surface area contributed by atoms with Crippen LogP contribution >= 0.6 is 11.6 Å². The molecule has 96 valence electrons. The number of aliphatic imine (C=N–C) groups is 1. The molecule has 4 heteroatoms. The summed E-state index contributed by atoms with van der Waals surface area (Å²) in [5, 5.41) is 3.89. The summed E-state index contributed by atoms with van der Waals surface area (Å²) in [7, 11) is 0. The van der Waals surface area contributed by atoms with Crippen LogP contribution in [-0.2, 0) is 0 Å². The van der Waals surface area contributed by atoms with Gasteiger partial charge in [-0.05, 0) is 18.6 Å². The number of hydrogen-bond acceptors (Lipinski definition) is 3. The number of benzene rings is 1. The minimum Gasteiger partial charge on any atom is -0.481 e. The predicted octanol–water partition coefficient (Wildman–Crippen LogP) is 2.97. The summed E-state index contributed by atoms with van der Waals surface area (Å²) in [5.74, 6) is 1.58. The first-order valence-electron chi connectivity index (χ1n) is 6.03. The van der Waals surface area contributed by atoms with Gasteiger partial charge in [-0.25, -0.2) is 0 Å². The van der Waals surface area contributed by atoms with Gasteiger partial charge in [-0.2, -0.15) is 0 Å². The summed E-state index contributed by atoms with van der Waals surface area (Å²) in [5.41, 5.74) is 1.01. The minimum atomic E-state index is -0.135. The second-order valence-corrected chi connectivity index (χ2v) is 4.59. The first-order valence-corrected chi connectivity index (χ1v) is 6.41. The molecule has 18 heavy (non-hydrogen) atoms. The van der Waals surface area contributed by atoms with Crippen molar-refractivity contribution >= 4 is 17.4 Å². The molecule has 2 rings (SSSR count). The predicted molar refractivity (Wildman–Crippen MR) is 75.7 cm³/mol. The van der Waals surface area contributed by atoms with Crippen LogP contribution in [-0.4, -0.2) is 25.0 Å². The minimum absolute atomic E-state index is 0.135. The van der Waals surface area contributed by atoms with Gasteiger partial charge in [-0.1, -0.05) is 29.8 Å². The van der Waals surface area contributed by atoms with E-state index in [-0.39, 0.29) is 6.10 Å². The Balaban J connectivity index is 2.17. The standard InChI is InChI=1S/C14H17ClN2O/c1-3-5-12(14-16-8-9-17-14)18-11-7-4-6-10(2)13(11)15/h3-4,6-7,12H,1,5,8-9H2,2H3,(H,16,17). The average Bonchev–Trinajstić information content (AvgIpc) is 2.88. The first kappa shape index (κ1) is 13.0. The van der Waals surface area contributed by atoms with E-state index in [1.165, 1.54) is 0 Å². The van der Waals surface area contributed by atoms with Gasteiger partial charge in [-0.15, -0.1) is 6.58 Å². The topological polar surface area (TPSA) is 33.6 Å². The van der Waals surface area contributed by atoms with Crippen molar-refractivity contribution in [3.8, 4) is 5.75 Å². The van der Waals surface area contributed by atoms with E-state index in [0.717, 1.165) is 24.5 Å². The molecule has 0 aromatic heterocycles. The molecule has 0 fully saturated rings. The number of amidine groups is 1. The Morgan fingerprint density at radius 3 is 3.11 bits per heavy atom. The smallest absolute Gasteiger partial charge is 0.159 e. The SMILES string of the molecule is C=CCC(Oc1cccc(C)c1Cl)C1=NCCN1. The van der Waals surface area contributed by atoms with Crippen LogP contribution in [0.1, 0.15) is 12.0 Å². The van der Waals surface area contributed by atoms with Crippen molar-refractivity contribution in [1.82, 2.24) is 5.32 Å². The second-order valence-electron chi connectivity index (χ2n) is 4.21. The van der Waals surface area contributed by atoms with Gasteiger partial charge in [0.2, 0.25) is 0 Å². The van der Waals surface area contributed by atoms with Gasteiger partial charge in [0.1, 0.15) is 11.6 Å². The maximum absolute atomic E-state index is 6.23. The highest BCUT2D eigenvalue weighted by molar-refractivity contribution is 6.32. The van der Waals surface area contributed by atoms with Crippen LogP contribution in [0.15, 0.2) is 35.8 Å². The van der Waals surface area contributed by atoms with Gasteiger partial charge in [-0.3, -0.25) is 4.99 Å². The molecular weight excluding hydrogens is 248 g/mol. The third kappa shape index (κ3) is 2.85. The summed E-state index contributed by atoms with van der Waals surface area (Å²) in [4.78, 5) is 4.39. The molecule has 0 saturated carbocycles. The molecule has 0 bridgehead atoms. The zero-order chi connectivity index (χ0) is 13.0. The number of ether oxygens (including phenoxy) is 1. The van der Waals surface area contributed by atoms with E-state index in [1.54, 1.807) is 0 Å². The number of aryl methyl sites for hydroxylation is 1. The zero-order valence-corrected chi connectivity index (χ0v) is 11.2. The van der Waals surface area contributed by atoms with E-state index in [0.29, 0.717) is 17.2 Å². The Hall–Kier alpha value is -1.48. The first-order chi connectivity index (χ1) is 8.72. The molecule has 1 N–H and O–H groups in total. The lowest BCUT2D eigenvalue weighted by Crippen LogP contribution is -2.35. The molecule has 0 amide bonds. The summed E-state index contributed by atoms with van der Waals surface area (Å²) in [6, 6.07) is 5.77. The molecule has 1 aromatic rings. The van der Waals surface area contributed by atoms with Crippen LogP contribution in [0.25, 0.3) is 0 Å². The number of nitrogens with one attached hydrogen (secondary N) is 1. The van der Waals surface area contributed by atoms with Gasteiger partial charge < -0.3 is 10.1 Å². The quantitative estimate of drug-likeness (QED) is 0.830. The normalized spacial score (nSPS) is 15.8. The van der Waals surface area contributed by atoms with Crippen LogP contribution in [0, 0.1) is 6.92 Å². The van der Waals surface area contributed by atoms with E-state index in [9.17, 15) is 0 Å². The molecule has 3 nitrogen and oxygen atoms in total. The summed E-state index contributed by atoms with van der Waals surface area (Å²) in [6.45, 7) is 7.39. The number of rotatable bonds is 5. The largest absolute Gasteiger partial charge is 0.481 e. The van der Waals surface area contributed by atoms with Crippen molar-refractivity contribution in [1.29, 1.82) is 0 Å². The maximum Gasteiger partial charge on any atom is 0.159 e. The number of hydrogen-bond donors (Lipinski definition) is 1. The Morgan fingerprint density at radius 1 is 1.61 bits per heavy atom. The molecule has 1 atom stereocenters. The van der Waals surface area contributed by atoms with Crippen molar-refractivity contribution in [2.24, 2.45) is 4.99 Å². The third-order valence-electron chi connectivity index (χ3n) is 2.81. The molecule has 1 heterocycles. The Kier molecular flexibility index (Phi) is 4.26. The van der Waals surface area contributed by atoms with Crippen LogP contribution in [0.5, 0.6) is 5.75 Å². The van der Waals surface area contributed by atoms with Gasteiger partial charge in [0.05, 0.1) is 11.6 Å². The molecule has 1 unspecified atom stereocenters. The molecular formula is C14H17ClN2O. The Labute approximate surface area is 113 Å². The van der Waals surface area contributed by atoms with Gasteiger partial charge in [0.25, 0.3) is 0 Å². The molecule has 1 aliphatic rings. The average molecular weight is 265 g/mol. The van der Waals surface area contributed by atoms with Gasteiger partial charge in [0.15, 0.2) is 6.10 Å². The molecule has 0 spiro atoms. The van der Waals surface area contributed by atoms with Crippen LogP contribution < -0.4 is 10.1 Å². The lowest BCUT2D eigenvalue weighted by Gasteiger charge is -2.19. The monoisotopic (exact) mass is 264 g/mol. The van der Waals surface area contributed by atoms with Crippen LogP contribution in [0.3, 0.4) is 0 Å². The van der Waals surface area contributed by atoms with Crippen molar-refractivity contribution in [3.05, 3.63) is 41.4 Å². The zero-order valence-electron chi connectivity index (χ0n) is 10.4. The highest BCUT2D eigenvalue weighted by atomic mass is 35.5. The summed E-state index contributed by atoms with van der Waals surface area (Å²) in [6.07, 6.45) is 2.40. The third-order valence-corrected chi connectivity index (χ3v) is 3.30. The fourth-order valence-corrected chi connectivity index (χ4v) is 2.03. The highest BCUT2D eigenvalue weighted by Crippen LogP contribution is 2.28. The number of nitrogens with zero attached hydrogens (tertiary/aromatic N) is 1. The van der Waals surface area contributed by atoms with Crippen molar-refractivity contribution in [3.63, 3.8) is 0 Å². The molecule has 0 radical (unpaired) electrons. The van der Waals surface area contributed by atoms with E-state index in [4.69, 9.17) is 16.3 Å². The fraction of sp³-hybridized carbons (Fsp3) is 0.357. The molecule has 0 aliphatic carbocycles. The van der Waals surface area contributed by atoms with E-state index >= 15 is 0 Å². The van der Waals surface area contributed by atoms with Crippen molar-refractivity contribution < 1.29 is 4.74 Å². The highest BCUT2D eigenvalue weighted by Gasteiger charge is 2.20. The Morgan fingerprint density at radius 2 is 2.44 bits per heavy atom. The molecule has 1 aromatic carbocycles.